The fourth-order valence-corrected chi connectivity index (χ4v) is 2.98. The van der Waals surface area contributed by atoms with Gasteiger partial charge in [0.2, 0.25) is 0 Å². The molecule has 0 radical (unpaired) electrons. The highest BCUT2D eigenvalue weighted by Crippen LogP contribution is 2.25. The molecule has 0 spiro atoms. The maximum atomic E-state index is 11.1. The lowest BCUT2D eigenvalue weighted by Crippen LogP contribution is -2.23. The molecule has 0 atom stereocenters. The molecule has 1 aliphatic rings. The second-order valence-corrected chi connectivity index (χ2v) is 6.56. The summed E-state index contributed by atoms with van der Waals surface area (Å²) in [4.78, 5) is 15.8. The number of unbranched alkanes of at least 4 members (excludes halogenated alkanes) is 1. The number of aromatic nitrogens is 2. The molecule has 0 unspecified atom stereocenters. The third-order valence-corrected chi connectivity index (χ3v) is 4.44. The highest BCUT2D eigenvalue weighted by atomic mass is 16.4. The topological polar surface area (TPSA) is 55.1 Å². The van der Waals surface area contributed by atoms with E-state index in [4.69, 9.17) is 5.11 Å². The Morgan fingerprint density at radius 2 is 2.00 bits per heavy atom. The van der Waals surface area contributed by atoms with Crippen LogP contribution in [0.25, 0.3) is 0 Å². The first-order valence-electron chi connectivity index (χ1n) is 7.70. The van der Waals surface area contributed by atoms with E-state index in [0.29, 0.717) is 0 Å². The summed E-state index contributed by atoms with van der Waals surface area (Å²) >= 11 is 0. The van der Waals surface area contributed by atoms with Crippen molar-refractivity contribution in [2.75, 3.05) is 0 Å². The van der Waals surface area contributed by atoms with E-state index in [2.05, 4.69) is 16.5 Å². The van der Waals surface area contributed by atoms with Gasteiger partial charge in [0.15, 0.2) is 0 Å². The fourth-order valence-electron chi connectivity index (χ4n) is 2.98. The molecule has 0 fully saturated rings. The minimum atomic E-state index is -0.700. The van der Waals surface area contributed by atoms with Gasteiger partial charge in [-0.15, -0.1) is 0 Å². The SMILES string of the molecule is Cc1nc2c(n1CCCCC(C)(C)C(=O)O)CCCC2. The molecule has 1 aromatic rings. The number of carboxylic acid groups (broad SMARTS) is 1. The normalized spacial score (nSPS) is 15.2. The van der Waals surface area contributed by atoms with E-state index in [0.717, 1.165) is 44.5 Å². The number of aliphatic carboxylic acids is 1. The lowest BCUT2D eigenvalue weighted by atomic mass is 9.87. The standard InChI is InChI=1S/C16H26N2O2/c1-12-17-13-8-4-5-9-14(13)18(12)11-7-6-10-16(2,3)15(19)20/h4-11H2,1-3H3,(H,19,20). The average Bonchev–Trinajstić information content (AvgIpc) is 2.70. The monoisotopic (exact) mass is 278 g/mol. The third kappa shape index (κ3) is 3.22. The molecule has 4 heteroatoms. The van der Waals surface area contributed by atoms with Crippen LogP contribution in [0.1, 0.15) is 63.2 Å². The Balaban J connectivity index is 1.89. The van der Waals surface area contributed by atoms with E-state index in [1.54, 1.807) is 13.8 Å². The number of imidazole rings is 1. The van der Waals surface area contributed by atoms with Crippen LogP contribution in [0, 0.1) is 12.3 Å². The fraction of sp³-hybridized carbons (Fsp3) is 0.750. The first kappa shape index (κ1) is 15.1. The highest BCUT2D eigenvalue weighted by molar-refractivity contribution is 5.73. The molecule has 0 saturated carbocycles. The van der Waals surface area contributed by atoms with E-state index >= 15 is 0 Å². The summed E-state index contributed by atoms with van der Waals surface area (Å²) in [6.45, 7) is 6.67. The largest absolute Gasteiger partial charge is 0.481 e. The van der Waals surface area contributed by atoms with Crippen LogP contribution in [0.2, 0.25) is 0 Å². The minimum absolute atomic E-state index is 0.608. The van der Waals surface area contributed by atoms with Gasteiger partial charge in [-0.2, -0.15) is 0 Å². The summed E-state index contributed by atoms with van der Waals surface area (Å²) in [5.74, 6) is 0.420. The van der Waals surface area contributed by atoms with Crippen LogP contribution in [-0.2, 0) is 24.2 Å². The second kappa shape index (κ2) is 5.98. The molecule has 4 nitrogen and oxygen atoms in total. The van der Waals surface area contributed by atoms with E-state index < -0.39 is 11.4 Å². The average molecular weight is 278 g/mol. The Labute approximate surface area is 121 Å². The predicted molar refractivity (Wildman–Crippen MR) is 78.9 cm³/mol. The van der Waals surface area contributed by atoms with Gasteiger partial charge in [0.1, 0.15) is 5.82 Å². The van der Waals surface area contributed by atoms with Crippen LogP contribution in [0.3, 0.4) is 0 Å². The zero-order valence-corrected chi connectivity index (χ0v) is 12.9. The summed E-state index contributed by atoms with van der Waals surface area (Å²) in [5.41, 5.74) is 2.11. The van der Waals surface area contributed by atoms with Crippen LogP contribution in [0.4, 0.5) is 0 Å². The molecule has 0 aliphatic heterocycles. The molecule has 1 aliphatic carbocycles. The third-order valence-electron chi connectivity index (χ3n) is 4.44. The van der Waals surface area contributed by atoms with Crippen molar-refractivity contribution in [1.82, 2.24) is 9.55 Å². The molecule has 1 aromatic heterocycles. The van der Waals surface area contributed by atoms with E-state index in [1.165, 1.54) is 24.2 Å². The number of carboxylic acids is 1. The van der Waals surface area contributed by atoms with Crippen molar-refractivity contribution >= 4 is 5.97 Å². The van der Waals surface area contributed by atoms with Gasteiger partial charge in [-0.1, -0.05) is 6.42 Å². The molecule has 0 aromatic carbocycles. The van der Waals surface area contributed by atoms with Crippen molar-refractivity contribution in [2.45, 2.75) is 72.3 Å². The van der Waals surface area contributed by atoms with Gasteiger partial charge in [-0.05, 0) is 59.3 Å². The summed E-state index contributed by atoms with van der Waals surface area (Å²) in [5, 5.41) is 9.11. The van der Waals surface area contributed by atoms with Gasteiger partial charge < -0.3 is 9.67 Å². The first-order chi connectivity index (χ1) is 9.42. The molecular formula is C16H26N2O2. The van der Waals surface area contributed by atoms with Crippen molar-refractivity contribution < 1.29 is 9.90 Å². The molecule has 0 saturated heterocycles. The van der Waals surface area contributed by atoms with Crippen LogP contribution >= 0.6 is 0 Å². The maximum Gasteiger partial charge on any atom is 0.309 e. The summed E-state index contributed by atoms with van der Waals surface area (Å²) in [7, 11) is 0. The van der Waals surface area contributed by atoms with E-state index in [1.807, 2.05) is 0 Å². The smallest absolute Gasteiger partial charge is 0.309 e. The number of rotatable bonds is 6. The highest BCUT2D eigenvalue weighted by Gasteiger charge is 2.26. The van der Waals surface area contributed by atoms with Crippen molar-refractivity contribution in [3.63, 3.8) is 0 Å². The zero-order chi connectivity index (χ0) is 14.8. The van der Waals surface area contributed by atoms with E-state index in [-0.39, 0.29) is 0 Å². The summed E-state index contributed by atoms with van der Waals surface area (Å²) in [6, 6.07) is 0. The Bertz CT molecular complexity index is 489. The van der Waals surface area contributed by atoms with E-state index in [9.17, 15) is 4.79 Å². The van der Waals surface area contributed by atoms with Gasteiger partial charge in [0.25, 0.3) is 0 Å². The Morgan fingerprint density at radius 3 is 2.70 bits per heavy atom. The number of nitrogens with zero attached hydrogens (tertiary/aromatic N) is 2. The first-order valence-corrected chi connectivity index (χ1v) is 7.70. The molecule has 2 rings (SSSR count). The van der Waals surface area contributed by atoms with Crippen molar-refractivity contribution in [2.24, 2.45) is 5.41 Å². The lowest BCUT2D eigenvalue weighted by molar-refractivity contribution is -0.147. The quantitative estimate of drug-likeness (QED) is 0.812. The maximum absolute atomic E-state index is 11.1. The zero-order valence-electron chi connectivity index (χ0n) is 12.9. The Kier molecular flexibility index (Phi) is 4.51. The van der Waals surface area contributed by atoms with Crippen LogP contribution in [-0.4, -0.2) is 20.6 Å². The van der Waals surface area contributed by atoms with Gasteiger partial charge in [-0.25, -0.2) is 4.98 Å². The minimum Gasteiger partial charge on any atom is -0.481 e. The van der Waals surface area contributed by atoms with Crippen LogP contribution in [0.5, 0.6) is 0 Å². The molecule has 1 heterocycles. The van der Waals surface area contributed by atoms with Crippen molar-refractivity contribution in [3.8, 4) is 0 Å². The van der Waals surface area contributed by atoms with Gasteiger partial charge in [0.05, 0.1) is 11.1 Å². The molecular weight excluding hydrogens is 252 g/mol. The molecule has 0 amide bonds. The molecule has 112 valence electrons. The Morgan fingerprint density at radius 1 is 1.30 bits per heavy atom. The van der Waals surface area contributed by atoms with Crippen LogP contribution in [0.15, 0.2) is 0 Å². The summed E-state index contributed by atoms with van der Waals surface area (Å²) < 4.78 is 2.35. The number of fused-ring (bicyclic) bond motifs is 1. The molecule has 1 N–H and O–H groups in total. The number of aryl methyl sites for hydroxylation is 2. The van der Waals surface area contributed by atoms with Crippen LogP contribution < -0.4 is 0 Å². The summed E-state index contributed by atoms with van der Waals surface area (Å²) in [6.07, 6.45) is 7.51. The van der Waals surface area contributed by atoms with Crippen molar-refractivity contribution in [1.29, 1.82) is 0 Å². The number of hydrogen-bond donors (Lipinski definition) is 1. The molecule has 20 heavy (non-hydrogen) atoms. The second-order valence-electron chi connectivity index (χ2n) is 6.56. The number of hydrogen-bond acceptors (Lipinski definition) is 2. The molecule has 0 bridgehead atoms. The number of carbonyl (C=O) groups is 1. The van der Waals surface area contributed by atoms with Gasteiger partial charge in [-0.3, -0.25) is 4.79 Å². The van der Waals surface area contributed by atoms with Gasteiger partial charge in [0, 0.05) is 12.2 Å². The lowest BCUT2D eigenvalue weighted by Gasteiger charge is -2.19. The Hall–Kier alpha value is -1.32. The predicted octanol–water partition coefficient (Wildman–Crippen LogP) is 3.35. The van der Waals surface area contributed by atoms with Gasteiger partial charge >= 0.3 is 5.97 Å². The van der Waals surface area contributed by atoms with Crippen molar-refractivity contribution in [3.05, 3.63) is 17.2 Å².